The van der Waals surface area contributed by atoms with Crippen molar-refractivity contribution >= 4 is 16.9 Å². The summed E-state index contributed by atoms with van der Waals surface area (Å²) in [6.45, 7) is 0. The summed E-state index contributed by atoms with van der Waals surface area (Å²) in [6, 6.07) is 5.73. The van der Waals surface area contributed by atoms with Crippen molar-refractivity contribution in [1.29, 1.82) is 0 Å². The molecule has 0 atom stereocenters. The lowest BCUT2D eigenvalue weighted by Crippen LogP contribution is -2.01. The van der Waals surface area contributed by atoms with E-state index in [-0.39, 0.29) is 22.4 Å². The van der Waals surface area contributed by atoms with Gasteiger partial charge in [0.15, 0.2) is 11.3 Å². The fourth-order valence-electron chi connectivity index (χ4n) is 1.21. The minimum absolute atomic E-state index is 0.0445. The molecule has 0 bridgehead atoms. The summed E-state index contributed by atoms with van der Waals surface area (Å²) in [5, 5.41) is 9.51. The van der Waals surface area contributed by atoms with E-state index in [0.29, 0.717) is 5.58 Å². The zero-order valence-electron chi connectivity index (χ0n) is 6.65. The molecule has 13 heavy (non-hydrogen) atoms. The molecule has 0 fully saturated rings. The number of aromatic hydroxyl groups is 1. The molecule has 1 heterocycles. The molecule has 4 nitrogen and oxygen atoms in total. The van der Waals surface area contributed by atoms with Crippen LogP contribution in [0.5, 0.6) is 5.75 Å². The molecule has 0 amide bonds. The van der Waals surface area contributed by atoms with Gasteiger partial charge in [-0.1, -0.05) is 6.07 Å². The van der Waals surface area contributed by atoms with Crippen LogP contribution in [0, 0.1) is 0 Å². The van der Waals surface area contributed by atoms with E-state index in [9.17, 15) is 9.90 Å². The Morgan fingerprint density at radius 1 is 1.38 bits per heavy atom. The fourth-order valence-corrected chi connectivity index (χ4v) is 1.21. The Hall–Kier alpha value is -1.97. The molecule has 4 heteroatoms. The van der Waals surface area contributed by atoms with Crippen molar-refractivity contribution in [2.24, 2.45) is 0 Å². The van der Waals surface area contributed by atoms with E-state index in [1.807, 2.05) is 0 Å². The van der Waals surface area contributed by atoms with Crippen LogP contribution in [-0.2, 0) is 0 Å². The number of hydrogen-bond donors (Lipinski definition) is 2. The van der Waals surface area contributed by atoms with Gasteiger partial charge >= 0.3 is 0 Å². The predicted molar refractivity (Wildman–Crippen MR) is 48.6 cm³/mol. The molecule has 2 rings (SSSR count). The van der Waals surface area contributed by atoms with Crippen LogP contribution < -0.4 is 11.2 Å². The number of benzene rings is 1. The summed E-state index contributed by atoms with van der Waals surface area (Å²) in [5.74, 6) is -0.0469. The van der Waals surface area contributed by atoms with Gasteiger partial charge in [0.25, 0.3) is 0 Å². The third kappa shape index (κ3) is 1.12. The Labute approximate surface area is 73.2 Å². The van der Waals surface area contributed by atoms with Crippen molar-refractivity contribution in [2.75, 3.05) is 5.73 Å². The molecule has 3 N–H and O–H groups in total. The summed E-state index contributed by atoms with van der Waals surface area (Å²) >= 11 is 0. The van der Waals surface area contributed by atoms with E-state index in [0.717, 1.165) is 6.07 Å². The number of nitrogens with two attached hydrogens (primary N) is 1. The normalized spacial score (nSPS) is 10.5. The highest BCUT2D eigenvalue weighted by Gasteiger charge is 2.05. The van der Waals surface area contributed by atoms with Gasteiger partial charge in [-0.2, -0.15) is 0 Å². The Balaban J connectivity index is 3.03. The molecule has 0 unspecified atom stereocenters. The van der Waals surface area contributed by atoms with Crippen molar-refractivity contribution in [1.82, 2.24) is 0 Å². The molecular formula is C9H7NO3. The van der Waals surface area contributed by atoms with Crippen LogP contribution in [0.1, 0.15) is 0 Å². The van der Waals surface area contributed by atoms with E-state index in [4.69, 9.17) is 10.2 Å². The minimum Gasteiger partial charge on any atom is -0.507 e. The third-order valence-corrected chi connectivity index (χ3v) is 1.75. The largest absolute Gasteiger partial charge is 0.507 e. The fraction of sp³-hybridized carbons (Fsp3) is 0. The van der Waals surface area contributed by atoms with Crippen molar-refractivity contribution in [3.8, 4) is 5.75 Å². The first-order valence-electron chi connectivity index (χ1n) is 3.70. The lowest BCUT2D eigenvalue weighted by atomic mass is 10.2. The second kappa shape index (κ2) is 2.52. The number of anilines is 1. The number of rotatable bonds is 0. The molecule has 1 aromatic carbocycles. The maximum absolute atomic E-state index is 11.3. The molecule has 0 saturated heterocycles. The SMILES string of the molecule is Nc1cc(=O)c2c(O)cccc2o1. The molecule has 0 radical (unpaired) electrons. The van der Waals surface area contributed by atoms with E-state index < -0.39 is 0 Å². The van der Waals surface area contributed by atoms with Gasteiger partial charge in [0, 0.05) is 6.07 Å². The van der Waals surface area contributed by atoms with Gasteiger partial charge in [-0.05, 0) is 12.1 Å². The molecule has 0 aliphatic carbocycles. The number of phenolic OH excluding ortho intramolecular Hbond substituents is 1. The van der Waals surface area contributed by atoms with Gasteiger partial charge in [0.2, 0.25) is 0 Å². The van der Waals surface area contributed by atoms with Crippen LogP contribution in [0.25, 0.3) is 11.0 Å². The van der Waals surface area contributed by atoms with Crippen LogP contribution in [-0.4, -0.2) is 5.11 Å². The molecule has 0 saturated carbocycles. The summed E-state index contributed by atoms with van der Waals surface area (Å²) in [5.41, 5.74) is 5.29. The van der Waals surface area contributed by atoms with Crippen LogP contribution in [0.4, 0.5) is 5.88 Å². The highest BCUT2D eigenvalue weighted by molar-refractivity contribution is 5.83. The molecular weight excluding hydrogens is 170 g/mol. The lowest BCUT2D eigenvalue weighted by molar-refractivity contribution is 0.480. The van der Waals surface area contributed by atoms with Crippen molar-refractivity contribution in [2.45, 2.75) is 0 Å². The van der Waals surface area contributed by atoms with Gasteiger partial charge in [0.1, 0.15) is 16.7 Å². The van der Waals surface area contributed by atoms with Crippen molar-refractivity contribution < 1.29 is 9.52 Å². The molecule has 0 aliphatic heterocycles. The van der Waals surface area contributed by atoms with Crippen molar-refractivity contribution in [3.63, 3.8) is 0 Å². The van der Waals surface area contributed by atoms with Crippen LogP contribution in [0.3, 0.4) is 0 Å². The first-order chi connectivity index (χ1) is 6.18. The monoisotopic (exact) mass is 177 g/mol. The van der Waals surface area contributed by atoms with Gasteiger partial charge in [0.05, 0.1) is 0 Å². The first kappa shape index (κ1) is 7.67. The highest BCUT2D eigenvalue weighted by Crippen LogP contribution is 2.21. The first-order valence-corrected chi connectivity index (χ1v) is 3.70. The number of nitrogen functional groups attached to an aromatic ring is 1. The zero-order chi connectivity index (χ0) is 9.42. The van der Waals surface area contributed by atoms with Crippen LogP contribution in [0.2, 0.25) is 0 Å². The van der Waals surface area contributed by atoms with Gasteiger partial charge in [-0.15, -0.1) is 0 Å². The summed E-state index contributed by atoms with van der Waals surface area (Å²) in [6.07, 6.45) is 0. The van der Waals surface area contributed by atoms with Crippen molar-refractivity contribution in [3.05, 3.63) is 34.5 Å². The average molecular weight is 177 g/mol. The summed E-state index contributed by atoms with van der Waals surface area (Å²) in [4.78, 5) is 11.3. The van der Waals surface area contributed by atoms with Gasteiger partial charge in [-0.3, -0.25) is 4.79 Å². The highest BCUT2D eigenvalue weighted by atomic mass is 16.3. The van der Waals surface area contributed by atoms with Crippen LogP contribution >= 0.6 is 0 Å². The zero-order valence-corrected chi connectivity index (χ0v) is 6.65. The topological polar surface area (TPSA) is 76.5 Å². The maximum atomic E-state index is 11.3. The molecule has 0 aliphatic rings. The minimum atomic E-state index is -0.336. The van der Waals surface area contributed by atoms with E-state index in [1.165, 1.54) is 6.07 Å². The Morgan fingerprint density at radius 3 is 2.92 bits per heavy atom. The van der Waals surface area contributed by atoms with E-state index in [2.05, 4.69) is 0 Å². The van der Waals surface area contributed by atoms with Gasteiger partial charge in [-0.25, -0.2) is 0 Å². The Bertz CT molecular complexity index is 516. The van der Waals surface area contributed by atoms with E-state index in [1.54, 1.807) is 12.1 Å². The third-order valence-electron chi connectivity index (χ3n) is 1.75. The van der Waals surface area contributed by atoms with Gasteiger partial charge < -0.3 is 15.3 Å². The average Bonchev–Trinajstić information content (AvgIpc) is 2.02. The molecule has 0 spiro atoms. The second-order valence-electron chi connectivity index (χ2n) is 2.66. The molecule has 1 aromatic heterocycles. The molecule has 2 aromatic rings. The van der Waals surface area contributed by atoms with E-state index >= 15 is 0 Å². The maximum Gasteiger partial charge on any atom is 0.198 e. The Morgan fingerprint density at radius 2 is 2.15 bits per heavy atom. The number of phenols is 1. The molecule has 66 valence electrons. The van der Waals surface area contributed by atoms with Crippen LogP contribution in [0.15, 0.2) is 33.5 Å². The Kier molecular flexibility index (Phi) is 1.48. The summed E-state index contributed by atoms with van der Waals surface area (Å²) in [7, 11) is 0. The summed E-state index contributed by atoms with van der Waals surface area (Å²) < 4.78 is 5.04. The standard InChI is InChI=1S/C9H7NO3/c10-8-4-6(12)9-5(11)2-1-3-7(9)13-8/h1-4,11H,10H2. The second-order valence-corrected chi connectivity index (χ2v) is 2.66. The number of fused-ring (bicyclic) bond motifs is 1. The quantitative estimate of drug-likeness (QED) is 0.631. The lowest BCUT2D eigenvalue weighted by Gasteiger charge is -1.99. The smallest absolute Gasteiger partial charge is 0.198 e. The predicted octanol–water partition coefficient (Wildman–Crippen LogP) is 1.08. The number of hydrogen-bond acceptors (Lipinski definition) is 4.